The molecule has 0 atom stereocenters. The van der Waals surface area contributed by atoms with Crippen LogP contribution in [0.2, 0.25) is 5.02 Å². The molecular weight excluding hydrogens is 672 g/mol. The molecule has 4 heterocycles. The van der Waals surface area contributed by atoms with Crippen LogP contribution in [-0.4, -0.2) is 67.4 Å². The first kappa shape index (κ1) is 34.2. The van der Waals surface area contributed by atoms with E-state index in [1.165, 1.54) is 0 Å². The normalized spacial score (nSPS) is 14.2. The molecule has 0 saturated carbocycles. The van der Waals surface area contributed by atoms with Gasteiger partial charge in [-0.15, -0.1) is 11.8 Å². The largest absolute Gasteiger partial charge is 0.493 e. The van der Waals surface area contributed by atoms with E-state index in [1.54, 1.807) is 23.4 Å². The molecule has 0 amide bonds. The third kappa shape index (κ3) is 6.51. The van der Waals surface area contributed by atoms with Crippen LogP contribution in [0.25, 0.3) is 32.8 Å². The highest BCUT2D eigenvalue weighted by atomic mass is 35.5. The van der Waals surface area contributed by atoms with Crippen molar-refractivity contribution in [2.75, 3.05) is 27.2 Å². The average Bonchev–Trinajstić information content (AvgIpc) is 3.71. The van der Waals surface area contributed by atoms with E-state index in [0.29, 0.717) is 31.1 Å². The molecule has 0 unspecified atom stereocenters. The Morgan fingerprint density at radius 2 is 1.86 bits per heavy atom. The molecule has 0 radical (unpaired) electrons. The standard InChI is InChI=1S/C38H41ClN6O4S/c1-23-34-32(41-44(23)5)21-48-20-25-18-26(45(40-25)15-14-42(2)3)22-50-27-17-24-9-6-7-10-28(24)33(19-27)49-16-8-11-29-30-12-13-31(39)35(34)36(30)43(4)37(29)38(46)47/h6-7,9-10,12-13,17-19H,8,11,14-16,20-22H2,1-5H3,(H,46,47). The molecule has 0 spiro atoms. The number of thioether (sulfide) groups is 1. The number of likely N-dealkylation sites (N-methyl/N-ethyl adjacent to an activating group) is 1. The van der Waals surface area contributed by atoms with Gasteiger partial charge in [-0.2, -0.15) is 10.2 Å². The number of carbonyl (C=O) groups is 1. The lowest BCUT2D eigenvalue weighted by Gasteiger charge is -2.14. The number of aryl methyl sites for hydroxylation is 3. The highest BCUT2D eigenvalue weighted by molar-refractivity contribution is 7.98. The molecule has 3 aromatic heterocycles. The third-order valence-corrected chi connectivity index (χ3v) is 10.8. The molecule has 3 aromatic carbocycles. The lowest BCUT2D eigenvalue weighted by atomic mass is 9.98. The van der Waals surface area contributed by atoms with Crippen molar-refractivity contribution in [2.24, 2.45) is 14.1 Å². The van der Waals surface area contributed by atoms with Gasteiger partial charge in [-0.3, -0.25) is 9.36 Å². The van der Waals surface area contributed by atoms with E-state index in [1.807, 2.05) is 42.9 Å². The summed E-state index contributed by atoms with van der Waals surface area (Å²) in [5.74, 6) is 0.567. The molecule has 8 bridgehead atoms. The Kier molecular flexibility index (Phi) is 9.67. The highest BCUT2D eigenvalue weighted by Crippen LogP contribution is 2.42. The first-order valence-electron chi connectivity index (χ1n) is 16.7. The summed E-state index contributed by atoms with van der Waals surface area (Å²) in [6.45, 7) is 4.59. The van der Waals surface area contributed by atoms with Crippen LogP contribution in [0.5, 0.6) is 5.75 Å². The summed E-state index contributed by atoms with van der Waals surface area (Å²) in [7, 11) is 7.82. The van der Waals surface area contributed by atoms with Gasteiger partial charge < -0.3 is 24.0 Å². The van der Waals surface area contributed by atoms with Crippen LogP contribution in [0.1, 0.15) is 45.2 Å². The van der Waals surface area contributed by atoms with Gasteiger partial charge in [0.1, 0.15) is 11.4 Å². The molecule has 6 aromatic rings. The Labute approximate surface area is 300 Å². The number of rotatable bonds is 4. The molecule has 0 saturated heterocycles. The summed E-state index contributed by atoms with van der Waals surface area (Å²) in [6, 6.07) is 18.5. The van der Waals surface area contributed by atoms with Crippen LogP contribution < -0.4 is 4.74 Å². The van der Waals surface area contributed by atoms with Crippen molar-refractivity contribution in [2.45, 2.75) is 50.2 Å². The number of hydrogen-bond donors (Lipinski definition) is 1. The van der Waals surface area contributed by atoms with Crippen molar-refractivity contribution in [1.29, 1.82) is 0 Å². The topological polar surface area (TPSA) is 99.6 Å². The minimum atomic E-state index is -0.984. The lowest BCUT2D eigenvalue weighted by Crippen LogP contribution is -2.20. The van der Waals surface area contributed by atoms with Crippen molar-refractivity contribution in [3.05, 3.63) is 93.7 Å². The molecular formula is C38H41ClN6O4S. The quantitative estimate of drug-likeness (QED) is 0.201. The van der Waals surface area contributed by atoms with Gasteiger partial charge in [0.15, 0.2) is 0 Å². The van der Waals surface area contributed by atoms with Gasteiger partial charge in [0, 0.05) is 64.6 Å². The smallest absolute Gasteiger partial charge is 0.352 e. The van der Waals surface area contributed by atoms with Crippen LogP contribution in [0.15, 0.2) is 59.5 Å². The van der Waals surface area contributed by atoms with Gasteiger partial charge in [0.2, 0.25) is 0 Å². The Bertz CT molecular complexity index is 2240. The van der Waals surface area contributed by atoms with E-state index in [9.17, 15) is 9.90 Å². The second-order valence-electron chi connectivity index (χ2n) is 13.1. The second kappa shape index (κ2) is 14.1. The number of hydrogen-bond acceptors (Lipinski definition) is 7. The molecule has 1 aliphatic rings. The van der Waals surface area contributed by atoms with E-state index >= 15 is 0 Å². The van der Waals surface area contributed by atoms with Crippen molar-refractivity contribution in [3.8, 4) is 16.9 Å². The first-order valence-corrected chi connectivity index (χ1v) is 18.1. The minimum Gasteiger partial charge on any atom is -0.493 e. The van der Waals surface area contributed by atoms with E-state index in [4.69, 9.17) is 31.3 Å². The summed E-state index contributed by atoms with van der Waals surface area (Å²) < 4.78 is 18.5. The Morgan fingerprint density at radius 3 is 2.66 bits per heavy atom. The molecule has 0 fully saturated rings. The zero-order valence-electron chi connectivity index (χ0n) is 29.0. The number of benzene rings is 3. The van der Waals surface area contributed by atoms with E-state index in [2.05, 4.69) is 54.0 Å². The number of aromatic carboxylic acids is 1. The van der Waals surface area contributed by atoms with Gasteiger partial charge in [-0.05, 0) is 69.1 Å². The van der Waals surface area contributed by atoms with Crippen LogP contribution in [-0.2, 0) is 50.8 Å². The van der Waals surface area contributed by atoms with Crippen molar-refractivity contribution >= 4 is 51.0 Å². The van der Waals surface area contributed by atoms with Crippen LogP contribution in [0.4, 0.5) is 0 Å². The highest BCUT2D eigenvalue weighted by Gasteiger charge is 2.27. The minimum absolute atomic E-state index is 0.235. The van der Waals surface area contributed by atoms with Gasteiger partial charge in [-0.1, -0.05) is 41.9 Å². The number of halogens is 1. The SMILES string of the molecule is Cc1c2c(nn1C)COCc1cc(n(CCN(C)C)n1)CSc1cc(c3ccccc3c1)OCCCc1c(C(=O)O)n(C)c3c-2c(Cl)ccc13. The van der Waals surface area contributed by atoms with Crippen molar-refractivity contribution < 1.29 is 19.4 Å². The number of carboxylic acid groups (broad SMARTS) is 1. The number of nitrogens with zero attached hydrogens (tertiary/aromatic N) is 6. The van der Waals surface area contributed by atoms with Gasteiger partial charge in [0.05, 0.1) is 48.3 Å². The summed E-state index contributed by atoms with van der Waals surface area (Å²) in [4.78, 5) is 16.0. The Morgan fingerprint density at radius 1 is 1.04 bits per heavy atom. The molecule has 7 rings (SSSR count). The monoisotopic (exact) mass is 712 g/mol. The van der Waals surface area contributed by atoms with E-state index < -0.39 is 5.97 Å². The van der Waals surface area contributed by atoms with Gasteiger partial charge in [-0.25, -0.2) is 4.79 Å². The summed E-state index contributed by atoms with van der Waals surface area (Å²) in [6.07, 6.45) is 1.15. The molecule has 10 nitrogen and oxygen atoms in total. The fourth-order valence-electron chi connectivity index (χ4n) is 6.95. The van der Waals surface area contributed by atoms with Crippen LogP contribution >= 0.6 is 23.4 Å². The number of ether oxygens (including phenoxy) is 2. The summed E-state index contributed by atoms with van der Waals surface area (Å²) >= 11 is 8.75. The second-order valence-corrected chi connectivity index (χ2v) is 14.5. The molecule has 50 heavy (non-hydrogen) atoms. The molecule has 0 aliphatic carbocycles. The maximum absolute atomic E-state index is 12.8. The zero-order valence-corrected chi connectivity index (χ0v) is 30.6. The molecule has 1 N–H and O–H groups in total. The lowest BCUT2D eigenvalue weighted by molar-refractivity contribution is 0.0685. The van der Waals surface area contributed by atoms with Gasteiger partial charge in [0.25, 0.3) is 0 Å². The van der Waals surface area contributed by atoms with Crippen LogP contribution in [0.3, 0.4) is 0 Å². The summed E-state index contributed by atoms with van der Waals surface area (Å²) in [5.41, 5.74) is 6.97. The van der Waals surface area contributed by atoms with Crippen molar-refractivity contribution in [3.63, 3.8) is 0 Å². The number of carboxylic acids is 1. The van der Waals surface area contributed by atoms with Crippen molar-refractivity contribution in [1.82, 2.24) is 29.0 Å². The predicted molar refractivity (Wildman–Crippen MR) is 198 cm³/mol. The average molecular weight is 713 g/mol. The van der Waals surface area contributed by atoms with Gasteiger partial charge >= 0.3 is 5.97 Å². The summed E-state index contributed by atoms with van der Waals surface area (Å²) in [5, 5.41) is 23.8. The van der Waals surface area contributed by atoms with E-state index in [-0.39, 0.29) is 12.3 Å². The molecule has 260 valence electrons. The third-order valence-electron chi connectivity index (χ3n) is 9.44. The maximum atomic E-state index is 12.8. The molecule has 12 heteroatoms. The fourth-order valence-corrected chi connectivity index (χ4v) is 8.14. The number of aromatic nitrogens is 5. The maximum Gasteiger partial charge on any atom is 0.352 e. The zero-order chi connectivity index (χ0) is 35.1. The predicted octanol–water partition coefficient (Wildman–Crippen LogP) is 7.48. The fraction of sp³-hybridized carbons (Fsp3) is 0.342. The Hall–Kier alpha value is -4.29. The van der Waals surface area contributed by atoms with E-state index in [0.717, 1.165) is 90.6 Å². The number of fused-ring (bicyclic) bond motifs is 8. The van der Waals surface area contributed by atoms with Crippen LogP contribution in [0, 0.1) is 6.92 Å². The molecule has 1 aliphatic heterocycles. The first-order chi connectivity index (χ1) is 24.1. The Balaban J connectivity index is 1.35.